The Balaban J connectivity index is 3.12. The lowest BCUT2D eigenvalue weighted by atomic mass is 9.99. The normalized spacial score (nSPS) is 15.6. The molecule has 8 N–H and O–H groups in total. The molecule has 0 aliphatic rings. The monoisotopic (exact) mass is 494 g/mol. The summed E-state index contributed by atoms with van der Waals surface area (Å²) in [5.41, 5.74) is 6.51. The number of benzene rings is 1. The lowest BCUT2D eigenvalue weighted by molar-refractivity contribution is -0.145. The summed E-state index contributed by atoms with van der Waals surface area (Å²) in [6, 6.07) is 1.32. The SMILES string of the molecule is CC(C)CC(N)C(=O)NC(C(=O)NC(Cc1ccc(O)cc1)C(=O)NC(C(=O)O)C(C)O)C(C)C. The maximum atomic E-state index is 13.1. The molecule has 1 aromatic rings. The molecular formula is C24H38N4O7. The standard InChI is InChI=1S/C24H38N4O7/c1-12(2)10-17(25)21(31)27-19(13(3)4)23(33)26-18(11-15-6-8-16(30)9-7-15)22(32)28-20(14(5)29)24(34)35/h6-9,12-14,17-20,29-30H,10-11,25H2,1-5H3,(H,26,33)(H,27,31)(H,28,32)(H,34,35). The second-order valence-electron chi connectivity index (χ2n) is 9.46. The molecule has 196 valence electrons. The van der Waals surface area contributed by atoms with E-state index in [0.717, 1.165) is 0 Å². The molecule has 0 spiro atoms. The van der Waals surface area contributed by atoms with Crippen LogP contribution in [0, 0.1) is 11.8 Å². The summed E-state index contributed by atoms with van der Waals surface area (Å²) in [5.74, 6) is -3.55. The second kappa shape index (κ2) is 13.6. The van der Waals surface area contributed by atoms with Gasteiger partial charge in [0.05, 0.1) is 12.1 Å². The number of phenols is 1. The van der Waals surface area contributed by atoms with Crippen LogP contribution in [0.5, 0.6) is 5.75 Å². The Bertz CT molecular complexity index is 871. The maximum Gasteiger partial charge on any atom is 0.328 e. The lowest BCUT2D eigenvalue weighted by Crippen LogP contribution is -2.59. The number of aliphatic hydroxyl groups excluding tert-OH is 1. The number of nitrogens with one attached hydrogen (secondary N) is 3. The highest BCUT2D eigenvalue weighted by atomic mass is 16.4. The predicted octanol–water partition coefficient (Wildman–Crippen LogP) is -0.116. The highest BCUT2D eigenvalue weighted by molar-refractivity contribution is 5.94. The number of carbonyl (C=O) groups is 4. The summed E-state index contributed by atoms with van der Waals surface area (Å²) in [6.45, 7) is 8.51. The van der Waals surface area contributed by atoms with E-state index in [4.69, 9.17) is 5.73 Å². The zero-order valence-corrected chi connectivity index (χ0v) is 20.8. The number of amides is 3. The van der Waals surface area contributed by atoms with Crippen molar-refractivity contribution in [3.05, 3.63) is 29.8 Å². The smallest absolute Gasteiger partial charge is 0.328 e. The summed E-state index contributed by atoms with van der Waals surface area (Å²) in [7, 11) is 0. The van der Waals surface area contributed by atoms with Gasteiger partial charge in [0.25, 0.3) is 0 Å². The van der Waals surface area contributed by atoms with Gasteiger partial charge in [0.15, 0.2) is 6.04 Å². The molecule has 5 unspecified atom stereocenters. The number of rotatable bonds is 13. The number of hydrogen-bond acceptors (Lipinski definition) is 7. The van der Waals surface area contributed by atoms with Crippen LogP contribution in [0.4, 0.5) is 0 Å². The Labute approximate surface area is 205 Å². The number of carbonyl (C=O) groups excluding carboxylic acids is 3. The van der Waals surface area contributed by atoms with Crippen molar-refractivity contribution in [2.75, 3.05) is 0 Å². The molecule has 0 bridgehead atoms. The number of aliphatic carboxylic acids is 1. The summed E-state index contributed by atoms with van der Waals surface area (Å²) in [6.07, 6.45) is -0.984. The molecule has 3 amide bonds. The number of aromatic hydroxyl groups is 1. The van der Waals surface area contributed by atoms with E-state index in [9.17, 15) is 34.5 Å². The van der Waals surface area contributed by atoms with Gasteiger partial charge in [0, 0.05) is 6.42 Å². The van der Waals surface area contributed by atoms with Crippen LogP contribution in [0.1, 0.15) is 46.6 Å². The van der Waals surface area contributed by atoms with Crippen LogP contribution < -0.4 is 21.7 Å². The van der Waals surface area contributed by atoms with Gasteiger partial charge in [-0.2, -0.15) is 0 Å². The van der Waals surface area contributed by atoms with Crippen molar-refractivity contribution in [1.82, 2.24) is 16.0 Å². The molecule has 35 heavy (non-hydrogen) atoms. The molecule has 0 saturated carbocycles. The second-order valence-corrected chi connectivity index (χ2v) is 9.46. The minimum atomic E-state index is -1.59. The lowest BCUT2D eigenvalue weighted by Gasteiger charge is -2.27. The van der Waals surface area contributed by atoms with Crippen molar-refractivity contribution in [1.29, 1.82) is 0 Å². The Morgan fingerprint density at radius 3 is 1.86 bits per heavy atom. The number of carboxylic acids is 1. The topological polar surface area (TPSA) is 191 Å². The highest BCUT2D eigenvalue weighted by Crippen LogP contribution is 2.13. The van der Waals surface area contributed by atoms with E-state index >= 15 is 0 Å². The van der Waals surface area contributed by atoms with Gasteiger partial charge in [-0.1, -0.05) is 39.8 Å². The first kappa shape index (κ1) is 29.9. The quantitative estimate of drug-likeness (QED) is 0.197. The molecule has 0 aliphatic carbocycles. The van der Waals surface area contributed by atoms with E-state index in [1.54, 1.807) is 26.0 Å². The number of nitrogens with two attached hydrogens (primary N) is 1. The van der Waals surface area contributed by atoms with E-state index in [1.807, 2.05) is 13.8 Å². The van der Waals surface area contributed by atoms with Crippen LogP contribution in [0.15, 0.2) is 24.3 Å². The molecule has 1 aromatic carbocycles. The molecule has 0 saturated heterocycles. The number of aliphatic hydroxyl groups is 1. The van der Waals surface area contributed by atoms with E-state index in [2.05, 4.69) is 16.0 Å². The molecule has 11 nitrogen and oxygen atoms in total. The van der Waals surface area contributed by atoms with E-state index < -0.39 is 54.0 Å². The molecule has 0 fully saturated rings. The summed E-state index contributed by atoms with van der Waals surface area (Å²) in [5, 5.41) is 36.0. The number of carboxylic acid groups (broad SMARTS) is 1. The average molecular weight is 495 g/mol. The van der Waals surface area contributed by atoms with Crippen molar-refractivity contribution in [3.63, 3.8) is 0 Å². The molecule has 0 aliphatic heterocycles. The molecule has 1 rings (SSSR count). The van der Waals surface area contributed by atoms with Gasteiger partial charge in [0.2, 0.25) is 17.7 Å². The Morgan fingerprint density at radius 2 is 1.40 bits per heavy atom. The van der Waals surface area contributed by atoms with E-state index in [1.165, 1.54) is 19.1 Å². The van der Waals surface area contributed by atoms with E-state index in [0.29, 0.717) is 12.0 Å². The molecular weight excluding hydrogens is 456 g/mol. The number of phenolic OH excluding ortho intramolecular Hbond substituents is 1. The van der Waals surface area contributed by atoms with Crippen LogP contribution in [0.3, 0.4) is 0 Å². The molecule has 0 heterocycles. The van der Waals surface area contributed by atoms with Crippen molar-refractivity contribution in [3.8, 4) is 5.75 Å². The van der Waals surface area contributed by atoms with Gasteiger partial charge in [-0.15, -0.1) is 0 Å². The van der Waals surface area contributed by atoms with Crippen LogP contribution in [-0.2, 0) is 25.6 Å². The Kier molecular flexibility index (Phi) is 11.6. The Morgan fingerprint density at radius 1 is 0.857 bits per heavy atom. The minimum absolute atomic E-state index is 0.0131. The van der Waals surface area contributed by atoms with Crippen molar-refractivity contribution < 1.29 is 34.5 Å². The molecule has 11 heteroatoms. The van der Waals surface area contributed by atoms with E-state index in [-0.39, 0.29) is 24.0 Å². The first-order valence-electron chi connectivity index (χ1n) is 11.6. The largest absolute Gasteiger partial charge is 0.508 e. The maximum absolute atomic E-state index is 13.1. The van der Waals surface area contributed by atoms with Crippen molar-refractivity contribution in [2.45, 2.75) is 77.7 Å². The Hall–Kier alpha value is -3.18. The van der Waals surface area contributed by atoms with Gasteiger partial charge < -0.3 is 37.0 Å². The predicted molar refractivity (Wildman–Crippen MR) is 129 cm³/mol. The van der Waals surface area contributed by atoms with Gasteiger partial charge in [0.1, 0.15) is 17.8 Å². The highest BCUT2D eigenvalue weighted by Gasteiger charge is 2.33. The third-order valence-electron chi connectivity index (χ3n) is 5.36. The fraction of sp³-hybridized carbons (Fsp3) is 0.583. The first-order chi connectivity index (χ1) is 16.2. The summed E-state index contributed by atoms with van der Waals surface area (Å²) < 4.78 is 0. The average Bonchev–Trinajstić information content (AvgIpc) is 2.75. The van der Waals surface area contributed by atoms with Gasteiger partial charge in [-0.3, -0.25) is 14.4 Å². The molecule has 5 atom stereocenters. The number of hydrogen-bond donors (Lipinski definition) is 7. The van der Waals surface area contributed by atoms with Crippen molar-refractivity contribution >= 4 is 23.7 Å². The summed E-state index contributed by atoms with van der Waals surface area (Å²) in [4.78, 5) is 50.0. The van der Waals surface area contributed by atoms with Gasteiger partial charge in [-0.25, -0.2) is 4.79 Å². The van der Waals surface area contributed by atoms with Crippen LogP contribution in [0.2, 0.25) is 0 Å². The minimum Gasteiger partial charge on any atom is -0.508 e. The fourth-order valence-electron chi connectivity index (χ4n) is 3.39. The van der Waals surface area contributed by atoms with Crippen LogP contribution >= 0.6 is 0 Å². The van der Waals surface area contributed by atoms with Gasteiger partial charge in [-0.05, 0) is 42.9 Å². The first-order valence-corrected chi connectivity index (χ1v) is 11.6. The van der Waals surface area contributed by atoms with Crippen LogP contribution in [0.25, 0.3) is 0 Å². The zero-order chi connectivity index (χ0) is 26.9. The molecule has 0 radical (unpaired) electrons. The third-order valence-corrected chi connectivity index (χ3v) is 5.36. The molecule has 0 aromatic heterocycles. The fourth-order valence-corrected chi connectivity index (χ4v) is 3.39. The van der Waals surface area contributed by atoms with Crippen molar-refractivity contribution in [2.24, 2.45) is 17.6 Å². The third kappa shape index (κ3) is 9.91. The zero-order valence-electron chi connectivity index (χ0n) is 20.8. The summed E-state index contributed by atoms with van der Waals surface area (Å²) >= 11 is 0. The van der Waals surface area contributed by atoms with Crippen LogP contribution in [-0.4, -0.2) is 69.3 Å². The van der Waals surface area contributed by atoms with Gasteiger partial charge >= 0.3 is 5.97 Å².